The molecule has 5 nitrogen and oxygen atoms in total. The van der Waals surface area contributed by atoms with Crippen LogP contribution in [0.5, 0.6) is 0 Å². The lowest BCUT2D eigenvalue weighted by Gasteiger charge is -2.09. The van der Waals surface area contributed by atoms with Crippen molar-refractivity contribution in [1.82, 2.24) is 14.5 Å². The molecule has 19 heavy (non-hydrogen) atoms. The fraction of sp³-hybridized carbons (Fsp3) is 0.769. The van der Waals surface area contributed by atoms with Crippen molar-refractivity contribution in [2.75, 3.05) is 6.54 Å². The molecule has 2 rings (SSSR count). The zero-order valence-corrected chi connectivity index (χ0v) is 12.7. The molecule has 1 aromatic rings. The van der Waals surface area contributed by atoms with Gasteiger partial charge in [0, 0.05) is 12.7 Å². The Balaban J connectivity index is 2.19. The number of rotatable bonds is 5. The van der Waals surface area contributed by atoms with Crippen molar-refractivity contribution in [3.8, 4) is 0 Å². The van der Waals surface area contributed by atoms with Crippen LogP contribution < -0.4 is 4.72 Å². The first kappa shape index (κ1) is 14.5. The molecule has 0 bridgehead atoms. The minimum absolute atomic E-state index is 0.292. The minimum Gasteiger partial charge on any atom is -0.268 e. The van der Waals surface area contributed by atoms with Gasteiger partial charge in [0.25, 0.3) is 0 Å². The SMILES string of the molecule is Cc1nn(C2CCCC2)cc1S(=O)(=O)NCC(C)C. The molecule has 0 atom stereocenters. The number of hydrogen-bond acceptors (Lipinski definition) is 3. The Bertz CT molecular complexity index is 528. The van der Waals surface area contributed by atoms with E-state index in [1.54, 1.807) is 13.1 Å². The maximum atomic E-state index is 12.2. The average Bonchev–Trinajstić information content (AvgIpc) is 2.95. The summed E-state index contributed by atoms with van der Waals surface area (Å²) >= 11 is 0. The molecule has 1 aliphatic rings. The quantitative estimate of drug-likeness (QED) is 0.902. The summed E-state index contributed by atoms with van der Waals surface area (Å²) in [7, 11) is -3.43. The number of nitrogens with one attached hydrogen (secondary N) is 1. The molecular formula is C13H23N3O2S. The van der Waals surface area contributed by atoms with Gasteiger partial charge in [0.2, 0.25) is 10.0 Å². The van der Waals surface area contributed by atoms with Gasteiger partial charge in [-0.15, -0.1) is 0 Å². The highest BCUT2D eigenvalue weighted by molar-refractivity contribution is 7.89. The molecule has 1 aliphatic carbocycles. The summed E-state index contributed by atoms with van der Waals surface area (Å²) < 4.78 is 28.9. The lowest BCUT2D eigenvalue weighted by Crippen LogP contribution is -2.27. The van der Waals surface area contributed by atoms with Crippen LogP contribution in [0, 0.1) is 12.8 Å². The Morgan fingerprint density at radius 2 is 2.05 bits per heavy atom. The molecule has 0 radical (unpaired) electrons. The predicted molar refractivity (Wildman–Crippen MR) is 74.5 cm³/mol. The second-order valence-corrected chi connectivity index (χ2v) is 7.48. The van der Waals surface area contributed by atoms with Gasteiger partial charge in [-0.2, -0.15) is 5.10 Å². The maximum Gasteiger partial charge on any atom is 0.243 e. The third kappa shape index (κ3) is 3.36. The molecule has 0 aromatic carbocycles. The van der Waals surface area contributed by atoms with Gasteiger partial charge in [0.15, 0.2) is 0 Å². The molecule has 1 aromatic heterocycles. The van der Waals surface area contributed by atoms with Crippen molar-refractivity contribution >= 4 is 10.0 Å². The Labute approximate surface area is 115 Å². The van der Waals surface area contributed by atoms with Gasteiger partial charge in [-0.1, -0.05) is 26.7 Å². The molecule has 1 fully saturated rings. The number of aryl methyl sites for hydroxylation is 1. The molecule has 0 aliphatic heterocycles. The van der Waals surface area contributed by atoms with Crippen LogP contribution in [0.2, 0.25) is 0 Å². The second kappa shape index (κ2) is 5.63. The smallest absolute Gasteiger partial charge is 0.243 e. The third-order valence-electron chi connectivity index (χ3n) is 3.54. The zero-order chi connectivity index (χ0) is 14.0. The first-order valence-electron chi connectivity index (χ1n) is 6.95. The summed E-state index contributed by atoms with van der Waals surface area (Å²) in [4.78, 5) is 0.319. The van der Waals surface area contributed by atoms with Crippen molar-refractivity contribution in [2.45, 2.75) is 57.4 Å². The normalized spacial score (nSPS) is 17.5. The zero-order valence-electron chi connectivity index (χ0n) is 11.9. The maximum absolute atomic E-state index is 12.2. The second-order valence-electron chi connectivity index (χ2n) is 5.74. The molecule has 1 heterocycles. The van der Waals surface area contributed by atoms with Gasteiger partial charge in [-0.3, -0.25) is 4.68 Å². The average molecular weight is 285 g/mol. The van der Waals surface area contributed by atoms with E-state index in [4.69, 9.17) is 0 Å². The summed E-state index contributed by atoms with van der Waals surface area (Å²) in [6.45, 7) is 6.18. The van der Waals surface area contributed by atoms with Crippen LogP contribution >= 0.6 is 0 Å². The summed E-state index contributed by atoms with van der Waals surface area (Å²) in [5.41, 5.74) is 0.586. The van der Waals surface area contributed by atoms with Gasteiger partial charge in [0.05, 0.1) is 11.7 Å². The van der Waals surface area contributed by atoms with E-state index in [1.165, 1.54) is 12.8 Å². The Kier molecular flexibility index (Phi) is 4.30. The standard InChI is InChI=1S/C13H23N3O2S/c1-10(2)8-14-19(17,18)13-9-16(15-11(13)3)12-6-4-5-7-12/h9-10,12,14H,4-8H2,1-3H3. The lowest BCUT2D eigenvalue weighted by molar-refractivity contribution is 0.464. The monoisotopic (exact) mass is 285 g/mol. The Hall–Kier alpha value is -0.880. The van der Waals surface area contributed by atoms with Gasteiger partial charge in [0.1, 0.15) is 4.90 Å². The fourth-order valence-electron chi connectivity index (χ4n) is 2.44. The number of hydrogen-bond donors (Lipinski definition) is 1. The van der Waals surface area contributed by atoms with E-state index in [1.807, 2.05) is 18.5 Å². The van der Waals surface area contributed by atoms with E-state index in [2.05, 4.69) is 9.82 Å². The fourth-order valence-corrected chi connectivity index (χ4v) is 3.82. The first-order valence-corrected chi connectivity index (χ1v) is 8.44. The van der Waals surface area contributed by atoms with Gasteiger partial charge < -0.3 is 0 Å². The van der Waals surface area contributed by atoms with Gasteiger partial charge in [-0.25, -0.2) is 13.1 Å². The van der Waals surface area contributed by atoms with E-state index in [-0.39, 0.29) is 0 Å². The van der Waals surface area contributed by atoms with Crippen LogP contribution in [0.4, 0.5) is 0 Å². The van der Waals surface area contributed by atoms with E-state index < -0.39 is 10.0 Å². The Morgan fingerprint density at radius 3 is 2.63 bits per heavy atom. The predicted octanol–water partition coefficient (Wildman–Crippen LogP) is 2.24. The number of sulfonamides is 1. The molecule has 1 N–H and O–H groups in total. The molecule has 6 heteroatoms. The van der Waals surface area contributed by atoms with Crippen LogP contribution in [0.15, 0.2) is 11.1 Å². The molecular weight excluding hydrogens is 262 g/mol. The minimum atomic E-state index is -3.43. The van der Waals surface area contributed by atoms with Crippen LogP contribution in [0.3, 0.4) is 0 Å². The highest BCUT2D eigenvalue weighted by Gasteiger charge is 2.24. The molecule has 108 valence electrons. The molecule has 0 saturated heterocycles. The molecule has 0 amide bonds. The van der Waals surface area contributed by atoms with E-state index in [0.29, 0.717) is 29.1 Å². The highest BCUT2D eigenvalue weighted by atomic mass is 32.2. The van der Waals surface area contributed by atoms with Gasteiger partial charge in [-0.05, 0) is 25.7 Å². The van der Waals surface area contributed by atoms with Crippen molar-refractivity contribution in [1.29, 1.82) is 0 Å². The Morgan fingerprint density at radius 1 is 1.42 bits per heavy atom. The number of nitrogens with zero attached hydrogens (tertiary/aromatic N) is 2. The highest BCUT2D eigenvalue weighted by Crippen LogP contribution is 2.30. The lowest BCUT2D eigenvalue weighted by atomic mass is 10.2. The summed E-state index contributed by atoms with van der Waals surface area (Å²) in [6.07, 6.45) is 6.29. The third-order valence-corrected chi connectivity index (χ3v) is 5.07. The van der Waals surface area contributed by atoms with Crippen LogP contribution in [-0.2, 0) is 10.0 Å². The molecule has 0 unspecified atom stereocenters. The van der Waals surface area contributed by atoms with Crippen molar-refractivity contribution < 1.29 is 8.42 Å². The summed E-state index contributed by atoms with van der Waals surface area (Å²) in [5, 5.41) is 4.38. The van der Waals surface area contributed by atoms with Crippen LogP contribution in [0.25, 0.3) is 0 Å². The molecule has 1 saturated carbocycles. The summed E-state index contributed by atoms with van der Waals surface area (Å²) in [5.74, 6) is 0.292. The van der Waals surface area contributed by atoms with Crippen molar-refractivity contribution in [3.05, 3.63) is 11.9 Å². The van der Waals surface area contributed by atoms with Crippen LogP contribution in [0.1, 0.15) is 51.3 Å². The summed E-state index contributed by atoms with van der Waals surface area (Å²) in [6, 6.07) is 0.368. The van der Waals surface area contributed by atoms with Crippen LogP contribution in [-0.4, -0.2) is 24.7 Å². The van der Waals surface area contributed by atoms with Crippen molar-refractivity contribution in [3.63, 3.8) is 0 Å². The first-order chi connectivity index (χ1) is 8.90. The van der Waals surface area contributed by atoms with Crippen molar-refractivity contribution in [2.24, 2.45) is 5.92 Å². The van der Waals surface area contributed by atoms with E-state index in [9.17, 15) is 8.42 Å². The largest absolute Gasteiger partial charge is 0.268 e. The van der Waals surface area contributed by atoms with Gasteiger partial charge >= 0.3 is 0 Å². The topological polar surface area (TPSA) is 64.0 Å². The number of aromatic nitrogens is 2. The molecule has 0 spiro atoms. The van der Waals surface area contributed by atoms with E-state index >= 15 is 0 Å². The van der Waals surface area contributed by atoms with E-state index in [0.717, 1.165) is 12.8 Å².